The van der Waals surface area contributed by atoms with Crippen molar-refractivity contribution in [3.8, 4) is 5.75 Å². The number of hydrogen-bond donors (Lipinski definition) is 1. The molecular weight excluding hydrogens is 335 g/mol. The summed E-state index contributed by atoms with van der Waals surface area (Å²) < 4.78 is 5.56. The van der Waals surface area contributed by atoms with Gasteiger partial charge in [-0.25, -0.2) is 4.99 Å². The number of aliphatic imine (C=N–C) groups is 1. The van der Waals surface area contributed by atoms with E-state index in [1.54, 1.807) is 24.3 Å². The van der Waals surface area contributed by atoms with Gasteiger partial charge in [0.15, 0.2) is 0 Å². The Morgan fingerprint density at radius 3 is 2.61 bits per heavy atom. The summed E-state index contributed by atoms with van der Waals surface area (Å²) in [6.07, 6.45) is 1.65. The number of hydrogen-bond acceptors (Lipinski definition) is 3. The zero-order chi connectivity index (χ0) is 16.2. The van der Waals surface area contributed by atoms with E-state index in [2.05, 4.69) is 10.3 Å². The number of rotatable bonds is 4. The molecule has 2 aromatic carbocycles. The van der Waals surface area contributed by atoms with Gasteiger partial charge in [0.2, 0.25) is 0 Å². The molecule has 4 nitrogen and oxygen atoms in total. The van der Waals surface area contributed by atoms with Crippen LogP contribution in [0.25, 0.3) is 6.08 Å². The van der Waals surface area contributed by atoms with Crippen LogP contribution < -0.4 is 10.1 Å². The largest absolute Gasteiger partial charge is 0.486 e. The van der Waals surface area contributed by atoms with Gasteiger partial charge in [0.05, 0.1) is 10.0 Å². The van der Waals surface area contributed by atoms with Crippen molar-refractivity contribution in [1.82, 2.24) is 5.32 Å². The Bertz CT molecular complexity index is 801. The summed E-state index contributed by atoms with van der Waals surface area (Å²) in [7, 11) is 0. The van der Waals surface area contributed by atoms with E-state index < -0.39 is 0 Å². The lowest BCUT2D eigenvalue weighted by Gasteiger charge is -2.04. The highest BCUT2D eigenvalue weighted by Crippen LogP contribution is 2.24. The molecule has 1 heterocycles. The Morgan fingerprint density at radius 2 is 1.87 bits per heavy atom. The number of carbonyl (C=O) groups excluding carboxylic acids is 1. The maximum absolute atomic E-state index is 11.9. The maximum Gasteiger partial charge on any atom is 0.275 e. The molecule has 0 bridgehead atoms. The topological polar surface area (TPSA) is 50.7 Å². The minimum atomic E-state index is -0.275. The highest BCUT2D eigenvalue weighted by atomic mass is 35.5. The molecule has 0 atom stereocenters. The Balaban J connectivity index is 1.73. The number of para-hydroxylation sites is 1. The summed E-state index contributed by atoms with van der Waals surface area (Å²) in [4.78, 5) is 16.2. The van der Waals surface area contributed by atoms with Crippen LogP contribution in [0.15, 0.2) is 59.2 Å². The van der Waals surface area contributed by atoms with E-state index in [-0.39, 0.29) is 12.5 Å². The minimum Gasteiger partial charge on any atom is -0.486 e. The molecule has 2 aromatic rings. The second-order valence-electron chi connectivity index (χ2n) is 4.82. The van der Waals surface area contributed by atoms with Crippen LogP contribution in [0.3, 0.4) is 0 Å². The molecule has 0 aromatic heterocycles. The van der Waals surface area contributed by atoms with Crippen LogP contribution >= 0.6 is 23.2 Å². The fourth-order valence-electron chi connectivity index (χ4n) is 2.01. The van der Waals surface area contributed by atoms with Crippen molar-refractivity contribution in [2.45, 2.75) is 0 Å². The number of amides is 1. The average Bonchev–Trinajstić information content (AvgIpc) is 2.90. The lowest BCUT2D eigenvalue weighted by Crippen LogP contribution is -2.28. The van der Waals surface area contributed by atoms with Crippen LogP contribution in [-0.4, -0.2) is 18.3 Å². The minimum absolute atomic E-state index is 0.189. The second kappa shape index (κ2) is 6.86. The lowest BCUT2D eigenvalue weighted by atomic mass is 10.2. The Kier molecular flexibility index (Phi) is 4.65. The monoisotopic (exact) mass is 346 g/mol. The highest BCUT2D eigenvalue weighted by molar-refractivity contribution is 6.42. The third-order valence-corrected chi connectivity index (χ3v) is 3.85. The lowest BCUT2D eigenvalue weighted by molar-refractivity contribution is -0.115. The third-order valence-electron chi connectivity index (χ3n) is 3.11. The van der Waals surface area contributed by atoms with Crippen molar-refractivity contribution >= 4 is 41.0 Å². The number of carbonyl (C=O) groups is 1. The molecule has 6 heteroatoms. The molecule has 0 fully saturated rings. The average molecular weight is 347 g/mol. The van der Waals surface area contributed by atoms with Gasteiger partial charge in [0, 0.05) is 0 Å². The molecule has 0 spiro atoms. The summed E-state index contributed by atoms with van der Waals surface area (Å²) in [6, 6.07) is 14.4. The van der Waals surface area contributed by atoms with Crippen molar-refractivity contribution in [1.29, 1.82) is 0 Å². The highest BCUT2D eigenvalue weighted by Gasteiger charge is 2.20. The van der Waals surface area contributed by atoms with E-state index in [0.29, 0.717) is 27.3 Å². The van der Waals surface area contributed by atoms with Gasteiger partial charge in [-0.2, -0.15) is 0 Å². The van der Waals surface area contributed by atoms with Crippen molar-refractivity contribution in [2.24, 2.45) is 4.99 Å². The Hall–Kier alpha value is -2.30. The molecule has 23 heavy (non-hydrogen) atoms. The van der Waals surface area contributed by atoms with E-state index in [1.165, 1.54) is 0 Å². The first-order valence-corrected chi connectivity index (χ1v) is 7.61. The van der Waals surface area contributed by atoms with Crippen LogP contribution in [0.1, 0.15) is 5.56 Å². The summed E-state index contributed by atoms with van der Waals surface area (Å²) in [6.45, 7) is 0.189. The van der Waals surface area contributed by atoms with Gasteiger partial charge >= 0.3 is 0 Å². The summed E-state index contributed by atoms with van der Waals surface area (Å²) in [5.41, 5.74) is 1.05. The Labute approximate surface area is 143 Å². The predicted molar refractivity (Wildman–Crippen MR) is 92.0 cm³/mol. The fourth-order valence-corrected chi connectivity index (χ4v) is 2.32. The molecule has 3 rings (SSSR count). The quantitative estimate of drug-likeness (QED) is 0.852. The first-order chi connectivity index (χ1) is 11.1. The molecule has 0 aliphatic carbocycles. The van der Waals surface area contributed by atoms with E-state index in [9.17, 15) is 4.79 Å². The molecule has 1 aliphatic heterocycles. The normalized spacial score (nSPS) is 15.5. The predicted octanol–water partition coefficient (Wildman–Crippen LogP) is 3.94. The molecule has 116 valence electrons. The summed E-state index contributed by atoms with van der Waals surface area (Å²) >= 11 is 11.8. The van der Waals surface area contributed by atoms with Crippen LogP contribution in [-0.2, 0) is 4.79 Å². The van der Waals surface area contributed by atoms with Crippen molar-refractivity contribution in [3.63, 3.8) is 0 Å². The first-order valence-electron chi connectivity index (χ1n) is 6.85. The zero-order valence-corrected chi connectivity index (χ0v) is 13.4. The van der Waals surface area contributed by atoms with Gasteiger partial charge in [-0.1, -0.05) is 47.5 Å². The number of benzene rings is 2. The smallest absolute Gasteiger partial charge is 0.275 e. The number of nitrogens with one attached hydrogen (secondary N) is 1. The summed E-state index contributed by atoms with van der Waals surface area (Å²) in [5.74, 6) is 0.902. The fraction of sp³-hybridized carbons (Fsp3) is 0.0588. The molecule has 0 unspecified atom stereocenters. The van der Waals surface area contributed by atoms with Gasteiger partial charge in [0.25, 0.3) is 5.91 Å². The number of amidine groups is 1. The van der Waals surface area contributed by atoms with E-state index in [1.807, 2.05) is 30.3 Å². The molecule has 0 saturated carbocycles. The molecule has 0 radical (unpaired) electrons. The molecule has 0 saturated heterocycles. The van der Waals surface area contributed by atoms with Gasteiger partial charge in [-0.3, -0.25) is 4.79 Å². The number of halogens is 2. The van der Waals surface area contributed by atoms with Crippen molar-refractivity contribution in [2.75, 3.05) is 6.61 Å². The van der Waals surface area contributed by atoms with Crippen LogP contribution in [0.4, 0.5) is 0 Å². The number of nitrogens with zero attached hydrogens (tertiary/aromatic N) is 1. The third kappa shape index (κ3) is 3.92. The van der Waals surface area contributed by atoms with Gasteiger partial charge < -0.3 is 10.1 Å². The van der Waals surface area contributed by atoms with Crippen LogP contribution in [0.2, 0.25) is 10.0 Å². The number of ether oxygens (including phenoxy) is 1. The van der Waals surface area contributed by atoms with Crippen molar-refractivity contribution in [3.05, 3.63) is 69.8 Å². The SMILES string of the molecule is O=C1NC(COc2ccccc2)=N/C1=C/c1ccc(Cl)c(Cl)c1. The molecule has 1 amide bonds. The van der Waals surface area contributed by atoms with Crippen LogP contribution in [0.5, 0.6) is 5.75 Å². The molecule has 1 aliphatic rings. The van der Waals surface area contributed by atoms with Gasteiger partial charge in [-0.05, 0) is 35.9 Å². The van der Waals surface area contributed by atoms with E-state index in [0.717, 1.165) is 5.56 Å². The van der Waals surface area contributed by atoms with Crippen LogP contribution in [0, 0.1) is 0 Å². The van der Waals surface area contributed by atoms with Gasteiger partial charge in [0.1, 0.15) is 23.9 Å². The molecule has 1 N–H and O–H groups in total. The Morgan fingerprint density at radius 1 is 1.09 bits per heavy atom. The first kappa shape index (κ1) is 15.6. The van der Waals surface area contributed by atoms with E-state index >= 15 is 0 Å². The molecular formula is C17H12Cl2N2O2. The van der Waals surface area contributed by atoms with E-state index in [4.69, 9.17) is 27.9 Å². The van der Waals surface area contributed by atoms with Gasteiger partial charge in [-0.15, -0.1) is 0 Å². The maximum atomic E-state index is 11.9. The standard InChI is InChI=1S/C17H12Cl2N2O2/c18-13-7-6-11(8-14(13)19)9-15-17(22)21-16(20-15)10-23-12-4-2-1-3-5-12/h1-9H,10H2,(H,20,21,22)/b15-9+. The zero-order valence-electron chi connectivity index (χ0n) is 11.9. The summed E-state index contributed by atoms with van der Waals surface area (Å²) in [5, 5.41) is 3.57. The van der Waals surface area contributed by atoms with Crippen molar-refractivity contribution < 1.29 is 9.53 Å². The second-order valence-corrected chi connectivity index (χ2v) is 5.63.